The second-order valence-corrected chi connectivity index (χ2v) is 6.87. The maximum atomic E-state index is 5.43. The van der Waals surface area contributed by atoms with E-state index in [4.69, 9.17) is 14.0 Å². The largest absolute Gasteiger partial charge is 0.497 e. The number of rotatable bonds is 6. The van der Waals surface area contributed by atoms with Gasteiger partial charge in [0, 0.05) is 32.8 Å². The van der Waals surface area contributed by atoms with E-state index in [1.165, 1.54) is 0 Å². The molecule has 7 heteroatoms. The normalized spacial score (nSPS) is 15.0. The number of hydrogen-bond acceptors (Lipinski definition) is 7. The predicted octanol–water partition coefficient (Wildman–Crippen LogP) is 3.35. The Morgan fingerprint density at radius 2 is 1.86 bits per heavy atom. The Hall–Kier alpha value is -2.93. The molecule has 1 aliphatic heterocycles. The van der Waals surface area contributed by atoms with Crippen molar-refractivity contribution in [1.29, 1.82) is 0 Å². The van der Waals surface area contributed by atoms with Crippen LogP contribution in [0.5, 0.6) is 5.75 Å². The lowest BCUT2D eigenvalue weighted by Crippen LogP contribution is -2.37. The Bertz CT molecular complexity index is 885. The molecule has 146 valence electrons. The number of piperidine rings is 1. The molecule has 1 saturated heterocycles. The molecule has 0 bridgehead atoms. The molecule has 1 fully saturated rings. The molecule has 28 heavy (non-hydrogen) atoms. The van der Waals surface area contributed by atoms with E-state index >= 15 is 0 Å². The summed E-state index contributed by atoms with van der Waals surface area (Å²) in [6.07, 6.45) is 4.81. The first-order valence-corrected chi connectivity index (χ1v) is 9.45. The zero-order valence-corrected chi connectivity index (χ0v) is 16.2. The van der Waals surface area contributed by atoms with Crippen LogP contribution in [0.3, 0.4) is 0 Å². The van der Waals surface area contributed by atoms with Gasteiger partial charge < -0.3 is 18.9 Å². The summed E-state index contributed by atoms with van der Waals surface area (Å²) >= 11 is 0. The number of methoxy groups -OCH3 is 2. The van der Waals surface area contributed by atoms with E-state index in [2.05, 4.69) is 20.0 Å². The molecule has 3 heterocycles. The van der Waals surface area contributed by atoms with Gasteiger partial charge in [-0.1, -0.05) is 17.3 Å². The Kier molecular flexibility index (Phi) is 5.53. The molecular formula is C21H24N4O3. The summed E-state index contributed by atoms with van der Waals surface area (Å²) in [7, 11) is 3.43. The first-order valence-electron chi connectivity index (χ1n) is 9.45. The minimum Gasteiger partial charge on any atom is -0.497 e. The summed E-state index contributed by atoms with van der Waals surface area (Å²) in [4.78, 5) is 11.4. The number of hydrogen-bond donors (Lipinski definition) is 0. The minimum atomic E-state index is 0.359. The highest BCUT2D eigenvalue weighted by Crippen LogP contribution is 2.23. The van der Waals surface area contributed by atoms with Crippen molar-refractivity contribution in [1.82, 2.24) is 15.1 Å². The average molecular weight is 380 g/mol. The zero-order valence-electron chi connectivity index (χ0n) is 16.2. The first kappa shape index (κ1) is 18.4. The number of aromatic nitrogens is 3. The third-order valence-corrected chi connectivity index (χ3v) is 5.08. The van der Waals surface area contributed by atoms with Crippen molar-refractivity contribution in [2.24, 2.45) is 0 Å². The van der Waals surface area contributed by atoms with Crippen LogP contribution in [0.15, 0.2) is 47.1 Å². The number of ether oxygens (including phenoxy) is 2. The highest BCUT2D eigenvalue weighted by Gasteiger charge is 2.20. The summed E-state index contributed by atoms with van der Waals surface area (Å²) in [6.45, 7) is 1.91. The van der Waals surface area contributed by atoms with Gasteiger partial charge in [-0.25, -0.2) is 4.98 Å². The Labute approximate surface area is 164 Å². The van der Waals surface area contributed by atoms with Gasteiger partial charge in [0.25, 0.3) is 5.89 Å². The maximum Gasteiger partial charge on any atom is 0.259 e. The van der Waals surface area contributed by atoms with Gasteiger partial charge >= 0.3 is 0 Å². The fourth-order valence-electron chi connectivity index (χ4n) is 3.39. The highest BCUT2D eigenvalue weighted by molar-refractivity contribution is 5.54. The fraction of sp³-hybridized carbons (Fsp3) is 0.381. The Balaban J connectivity index is 1.40. The van der Waals surface area contributed by atoms with Crippen LogP contribution in [0.1, 0.15) is 24.2 Å². The van der Waals surface area contributed by atoms with Crippen LogP contribution in [0.4, 0.5) is 5.82 Å². The van der Waals surface area contributed by atoms with Crippen molar-refractivity contribution in [3.8, 4) is 17.2 Å². The standard InChI is InChI=1S/C21H24N4O3/c1-26-17-6-3-15(4-7-17)13-19-23-21(28-24-19)16-5-8-20(22-14-16)25-11-9-18(27-2)10-12-25/h3-8,14,18H,9-13H2,1-2H3. The van der Waals surface area contributed by atoms with Gasteiger partial charge in [-0.2, -0.15) is 4.98 Å². The third kappa shape index (κ3) is 4.14. The predicted molar refractivity (Wildman–Crippen MR) is 106 cm³/mol. The third-order valence-electron chi connectivity index (χ3n) is 5.08. The van der Waals surface area contributed by atoms with Gasteiger partial charge in [-0.05, 0) is 42.7 Å². The Morgan fingerprint density at radius 1 is 1.07 bits per heavy atom. The van der Waals surface area contributed by atoms with Crippen molar-refractivity contribution in [2.45, 2.75) is 25.4 Å². The quantitative estimate of drug-likeness (QED) is 0.649. The van der Waals surface area contributed by atoms with Crippen LogP contribution in [0.2, 0.25) is 0 Å². The lowest BCUT2D eigenvalue weighted by molar-refractivity contribution is 0.0818. The molecule has 7 nitrogen and oxygen atoms in total. The van der Waals surface area contributed by atoms with E-state index in [-0.39, 0.29) is 0 Å². The van der Waals surface area contributed by atoms with E-state index in [0.717, 1.165) is 48.6 Å². The molecule has 0 N–H and O–H groups in total. The number of anilines is 1. The summed E-state index contributed by atoms with van der Waals surface area (Å²) in [6, 6.07) is 11.8. The molecule has 0 radical (unpaired) electrons. The molecule has 0 spiro atoms. The van der Waals surface area contributed by atoms with Gasteiger partial charge in [0.1, 0.15) is 11.6 Å². The second kappa shape index (κ2) is 8.39. The van der Waals surface area contributed by atoms with Crippen molar-refractivity contribution >= 4 is 5.82 Å². The highest BCUT2D eigenvalue weighted by atomic mass is 16.5. The van der Waals surface area contributed by atoms with Crippen molar-refractivity contribution in [3.63, 3.8) is 0 Å². The van der Waals surface area contributed by atoms with Crippen molar-refractivity contribution in [3.05, 3.63) is 54.0 Å². The average Bonchev–Trinajstić information content (AvgIpc) is 3.23. The molecule has 0 saturated carbocycles. The SMILES string of the molecule is COc1ccc(Cc2noc(-c3ccc(N4CCC(OC)CC4)nc3)n2)cc1. The first-order chi connectivity index (χ1) is 13.7. The van der Waals surface area contributed by atoms with Gasteiger partial charge in [0.15, 0.2) is 5.82 Å². The van der Waals surface area contributed by atoms with E-state index < -0.39 is 0 Å². The molecular weight excluding hydrogens is 356 g/mol. The second-order valence-electron chi connectivity index (χ2n) is 6.87. The lowest BCUT2D eigenvalue weighted by Gasteiger charge is -2.32. The van der Waals surface area contributed by atoms with E-state index in [0.29, 0.717) is 24.2 Å². The summed E-state index contributed by atoms with van der Waals surface area (Å²) in [5, 5.41) is 4.09. The summed E-state index contributed by atoms with van der Waals surface area (Å²) < 4.78 is 16.0. The van der Waals surface area contributed by atoms with Crippen molar-refractivity contribution < 1.29 is 14.0 Å². The summed E-state index contributed by atoms with van der Waals surface area (Å²) in [5.41, 5.74) is 1.92. The smallest absolute Gasteiger partial charge is 0.259 e. The van der Waals surface area contributed by atoms with Crippen LogP contribution in [0, 0.1) is 0 Å². The molecule has 0 aliphatic carbocycles. The van der Waals surface area contributed by atoms with Crippen LogP contribution >= 0.6 is 0 Å². The van der Waals surface area contributed by atoms with Crippen LogP contribution in [-0.4, -0.2) is 48.5 Å². The minimum absolute atomic E-state index is 0.359. The van der Waals surface area contributed by atoms with E-state index in [1.807, 2.05) is 36.4 Å². The van der Waals surface area contributed by atoms with Gasteiger partial charge in [-0.3, -0.25) is 0 Å². The molecule has 4 rings (SSSR count). The van der Waals surface area contributed by atoms with Crippen LogP contribution in [0.25, 0.3) is 11.5 Å². The van der Waals surface area contributed by atoms with Gasteiger partial charge in [-0.15, -0.1) is 0 Å². The molecule has 0 atom stereocenters. The molecule has 0 unspecified atom stereocenters. The number of pyridine rings is 1. The molecule has 1 aromatic carbocycles. The topological polar surface area (TPSA) is 73.5 Å². The zero-order chi connectivity index (χ0) is 19.3. The van der Waals surface area contributed by atoms with Gasteiger partial charge in [0.2, 0.25) is 0 Å². The molecule has 0 amide bonds. The van der Waals surface area contributed by atoms with E-state index in [1.54, 1.807) is 20.4 Å². The van der Waals surface area contributed by atoms with Crippen LogP contribution < -0.4 is 9.64 Å². The molecule has 1 aliphatic rings. The molecule has 2 aromatic heterocycles. The van der Waals surface area contributed by atoms with Crippen LogP contribution in [-0.2, 0) is 11.2 Å². The fourth-order valence-corrected chi connectivity index (χ4v) is 3.39. The lowest BCUT2D eigenvalue weighted by atomic mass is 10.1. The number of nitrogens with zero attached hydrogens (tertiary/aromatic N) is 4. The van der Waals surface area contributed by atoms with E-state index in [9.17, 15) is 0 Å². The number of benzene rings is 1. The van der Waals surface area contributed by atoms with Gasteiger partial charge in [0.05, 0.1) is 18.8 Å². The molecule has 3 aromatic rings. The maximum absolute atomic E-state index is 5.43. The van der Waals surface area contributed by atoms with Crippen molar-refractivity contribution in [2.75, 3.05) is 32.2 Å². The monoisotopic (exact) mass is 380 g/mol. The summed E-state index contributed by atoms with van der Waals surface area (Å²) in [5.74, 6) is 2.93. The Morgan fingerprint density at radius 3 is 2.50 bits per heavy atom.